The van der Waals surface area contributed by atoms with Crippen LogP contribution in [0.25, 0.3) is 0 Å². The van der Waals surface area contributed by atoms with Crippen molar-refractivity contribution in [3.8, 4) is 0 Å². The summed E-state index contributed by atoms with van der Waals surface area (Å²) in [5.74, 6) is 0.771. The summed E-state index contributed by atoms with van der Waals surface area (Å²) in [4.78, 5) is 14.9. The van der Waals surface area contributed by atoms with Crippen LogP contribution >= 0.6 is 0 Å². The maximum atomic E-state index is 10.9. The molecule has 0 amide bonds. The van der Waals surface area contributed by atoms with Gasteiger partial charge in [-0.05, 0) is 39.0 Å². The topological polar surface area (TPSA) is 75.4 Å². The number of carboxylic acids is 1. The van der Waals surface area contributed by atoms with Gasteiger partial charge in [-0.25, -0.2) is 9.78 Å². The molecule has 106 valence electrons. The molecule has 20 heavy (non-hydrogen) atoms. The number of carbonyl (C=O) groups is 1. The van der Waals surface area contributed by atoms with E-state index < -0.39 is 5.97 Å². The van der Waals surface area contributed by atoms with Gasteiger partial charge in [0.1, 0.15) is 17.2 Å². The third-order valence-electron chi connectivity index (χ3n) is 3.16. The van der Waals surface area contributed by atoms with Gasteiger partial charge in [0.2, 0.25) is 0 Å². The molecule has 0 fully saturated rings. The Morgan fingerprint density at radius 3 is 2.80 bits per heavy atom. The largest absolute Gasteiger partial charge is 0.477 e. The summed E-state index contributed by atoms with van der Waals surface area (Å²) in [5.41, 5.74) is 1.87. The molecular formula is C15H18N2O3. The quantitative estimate of drug-likeness (QED) is 0.876. The average molecular weight is 274 g/mol. The molecule has 2 aromatic rings. The molecule has 5 heteroatoms. The first kappa shape index (κ1) is 14.3. The Morgan fingerprint density at radius 1 is 1.45 bits per heavy atom. The van der Waals surface area contributed by atoms with Gasteiger partial charge in [0.05, 0.1) is 5.69 Å². The first-order valence-corrected chi connectivity index (χ1v) is 6.47. The molecule has 0 saturated heterocycles. The molecule has 1 unspecified atom stereocenters. The lowest BCUT2D eigenvalue weighted by atomic mass is 10.1. The average Bonchev–Trinajstić information content (AvgIpc) is 2.75. The number of nitrogens with zero attached hydrogens (tertiary/aromatic N) is 1. The SMILES string of the molecule is Cc1cc(C(C)NCc2cccc(C(=O)O)n2)c(C)o1. The molecule has 2 aromatic heterocycles. The van der Waals surface area contributed by atoms with Crippen LogP contribution in [0.4, 0.5) is 0 Å². The van der Waals surface area contributed by atoms with Crippen LogP contribution in [0.2, 0.25) is 0 Å². The second kappa shape index (κ2) is 5.88. The van der Waals surface area contributed by atoms with Crippen molar-refractivity contribution in [2.45, 2.75) is 33.4 Å². The van der Waals surface area contributed by atoms with Crippen LogP contribution in [0, 0.1) is 13.8 Å². The molecule has 0 aromatic carbocycles. The molecular weight excluding hydrogens is 256 g/mol. The third kappa shape index (κ3) is 3.24. The summed E-state index contributed by atoms with van der Waals surface area (Å²) >= 11 is 0. The summed E-state index contributed by atoms with van der Waals surface area (Å²) in [5, 5.41) is 12.2. The van der Waals surface area contributed by atoms with E-state index in [2.05, 4.69) is 10.3 Å². The number of aryl methyl sites for hydroxylation is 2. The van der Waals surface area contributed by atoms with E-state index in [1.54, 1.807) is 12.1 Å². The van der Waals surface area contributed by atoms with Crippen molar-refractivity contribution in [2.75, 3.05) is 0 Å². The number of rotatable bonds is 5. The van der Waals surface area contributed by atoms with Gasteiger partial charge in [-0.2, -0.15) is 0 Å². The number of hydrogen-bond acceptors (Lipinski definition) is 4. The van der Waals surface area contributed by atoms with E-state index in [4.69, 9.17) is 9.52 Å². The van der Waals surface area contributed by atoms with Crippen LogP contribution < -0.4 is 5.32 Å². The highest BCUT2D eigenvalue weighted by Gasteiger charge is 2.12. The van der Waals surface area contributed by atoms with Crippen LogP contribution in [-0.2, 0) is 6.54 Å². The first-order valence-electron chi connectivity index (χ1n) is 6.47. The van der Waals surface area contributed by atoms with Gasteiger partial charge in [0, 0.05) is 18.2 Å². The van der Waals surface area contributed by atoms with E-state index in [1.165, 1.54) is 6.07 Å². The Balaban J connectivity index is 2.03. The Labute approximate surface area is 117 Å². The van der Waals surface area contributed by atoms with E-state index in [0.29, 0.717) is 12.2 Å². The van der Waals surface area contributed by atoms with Crippen LogP contribution in [0.15, 0.2) is 28.7 Å². The van der Waals surface area contributed by atoms with Crippen LogP contribution in [-0.4, -0.2) is 16.1 Å². The number of carboxylic acid groups (broad SMARTS) is 1. The number of hydrogen-bond donors (Lipinski definition) is 2. The van der Waals surface area contributed by atoms with Crippen molar-refractivity contribution in [3.63, 3.8) is 0 Å². The highest BCUT2D eigenvalue weighted by Crippen LogP contribution is 2.21. The van der Waals surface area contributed by atoms with E-state index in [0.717, 1.165) is 17.1 Å². The van der Waals surface area contributed by atoms with Gasteiger partial charge in [-0.3, -0.25) is 0 Å². The molecule has 2 heterocycles. The van der Waals surface area contributed by atoms with Crippen molar-refractivity contribution in [1.29, 1.82) is 0 Å². The Bertz CT molecular complexity index is 619. The predicted octanol–water partition coefficient (Wildman–Crippen LogP) is 2.84. The second-order valence-corrected chi connectivity index (χ2v) is 4.79. The van der Waals surface area contributed by atoms with Crippen LogP contribution in [0.1, 0.15) is 46.2 Å². The molecule has 0 saturated carbocycles. The third-order valence-corrected chi connectivity index (χ3v) is 3.16. The summed E-state index contributed by atoms with van der Waals surface area (Å²) in [6.45, 7) is 6.40. The molecule has 1 atom stereocenters. The van der Waals surface area contributed by atoms with Crippen molar-refractivity contribution in [1.82, 2.24) is 10.3 Å². The lowest BCUT2D eigenvalue weighted by Crippen LogP contribution is -2.19. The van der Waals surface area contributed by atoms with Crippen molar-refractivity contribution in [3.05, 3.63) is 52.7 Å². The normalized spacial score (nSPS) is 12.3. The molecule has 2 rings (SSSR count). The highest BCUT2D eigenvalue weighted by molar-refractivity contribution is 5.85. The summed E-state index contributed by atoms with van der Waals surface area (Å²) in [6, 6.07) is 7.11. The zero-order valence-electron chi connectivity index (χ0n) is 11.8. The fraction of sp³-hybridized carbons (Fsp3) is 0.333. The zero-order valence-corrected chi connectivity index (χ0v) is 11.8. The van der Waals surface area contributed by atoms with E-state index in [9.17, 15) is 4.79 Å². The van der Waals surface area contributed by atoms with E-state index in [-0.39, 0.29) is 11.7 Å². The van der Waals surface area contributed by atoms with Gasteiger partial charge < -0.3 is 14.8 Å². The van der Waals surface area contributed by atoms with E-state index >= 15 is 0 Å². The van der Waals surface area contributed by atoms with Crippen LogP contribution in [0.3, 0.4) is 0 Å². The van der Waals surface area contributed by atoms with Gasteiger partial charge >= 0.3 is 5.97 Å². The van der Waals surface area contributed by atoms with Crippen molar-refractivity contribution >= 4 is 5.97 Å². The lowest BCUT2D eigenvalue weighted by molar-refractivity contribution is 0.0690. The maximum absolute atomic E-state index is 10.9. The molecule has 0 aliphatic carbocycles. The summed E-state index contributed by atoms with van der Waals surface area (Å²) in [7, 11) is 0. The van der Waals surface area contributed by atoms with Gasteiger partial charge in [0.25, 0.3) is 0 Å². The maximum Gasteiger partial charge on any atom is 0.354 e. The monoisotopic (exact) mass is 274 g/mol. The molecule has 2 N–H and O–H groups in total. The van der Waals surface area contributed by atoms with Gasteiger partial charge in [-0.1, -0.05) is 6.07 Å². The zero-order chi connectivity index (χ0) is 14.7. The first-order chi connectivity index (χ1) is 9.47. The standard InChI is InChI=1S/C15H18N2O3/c1-9-7-13(11(3)20-9)10(2)16-8-12-5-4-6-14(17-12)15(18)19/h4-7,10,16H,8H2,1-3H3,(H,18,19). The number of aromatic carboxylic acids is 1. The predicted molar refractivity (Wildman–Crippen MR) is 74.6 cm³/mol. The Morgan fingerprint density at radius 2 is 2.20 bits per heavy atom. The van der Waals surface area contributed by atoms with Crippen LogP contribution in [0.5, 0.6) is 0 Å². The molecule has 0 bridgehead atoms. The van der Waals surface area contributed by atoms with Crippen molar-refractivity contribution < 1.29 is 14.3 Å². The molecule has 0 aliphatic rings. The molecule has 0 spiro atoms. The summed E-state index contributed by atoms with van der Waals surface area (Å²) in [6.07, 6.45) is 0. The van der Waals surface area contributed by atoms with E-state index in [1.807, 2.05) is 26.8 Å². The minimum absolute atomic E-state index is 0.0623. The molecule has 0 aliphatic heterocycles. The Kier molecular flexibility index (Phi) is 4.20. The molecule has 5 nitrogen and oxygen atoms in total. The number of pyridine rings is 1. The number of nitrogens with one attached hydrogen (secondary N) is 1. The fourth-order valence-electron chi connectivity index (χ4n) is 2.15. The second-order valence-electron chi connectivity index (χ2n) is 4.79. The fourth-order valence-corrected chi connectivity index (χ4v) is 2.15. The summed E-state index contributed by atoms with van der Waals surface area (Å²) < 4.78 is 5.50. The lowest BCUT2D eigenvalue weighted by Gasteiger charge is -2.12. The van der Waals surface area contributed by atoms with Gasteiger partial charge in [-0.15, -0.1) is 0 Å². The minimum atomic E-state index is -1.01. The minimum Gasteiger partial charge on any atom is -0.477 e. The number of aromatic nitrogens is 1. The Hall–Kier alpha value is -2.14. The van der Waals surface area contributed by atoms with Gasteiger partial charge in [0.15, 0.2) is 0 Å². The highest BCUT2D eigenvalue weighted by atomic mass is 16.4. The van der Waals surface area contributed by atoms with Crippen molar-refractivity contribution in [2.24, 2.45) is 0 Å². The number of furan rings is 1. The smallest absolute Gasteiger partial charge is 0.354 e. The molecule has 0 radical (unpaired) electrons.